The van der Waals surface area contributed by atoms with Crippen molar-refractivity contribution in [3.8, 4) is 0 Å². The molecule has 0 aromatic carbocycles. The summed E-state index contributed by atoms with van der Waals surface area (Å²) in [7, 11) is 0. The van der Waals surface area contributed by atoms with Gasteiger partial charge >= 0.3 is 6.09 Å². The van der Waals surface area contributed by atoms with Gasteiger partial charge in [-0.15, -0.1) is 0 Å². The maximum absolute atomic E-state index is 10.5. The normalized spacial score (nSPS) is 10.4. The second-order valence-corrected chi connectivity index (χ2v) is 2.92. The molecule has 5 nitrogen and oxygen atoms in total. The molecule has 0 unspecified atom stereocenters. The van der Waals surface area contributed by atoms with E-state index in [9.17, 15) is 4.79 Å². The van der Waals surface area contributed by atoms with Gasteiger partial charge in [0.25, 0.3) is 0 Å². The van der Waals surface area contributed by atoms with Gasteiger partial charge in [0.1, 0.15) is 0 Å². The number of aromatic nitrogens is 2. The lowest BCUT2D eigenvalue weighted by Crippen LogP contribution is -2.07. The Morgan fingerprint density at radius 2 is 2.36 bits per heavy atom. The molecule has 0 fully saturated rings. The van der Waals surface area contributed by atoms with E-state index in [2.05, 4.69) is 10.4 Å². The van der Waals surface area contributed by atoms with Crippen molar-refractivity contribution in [2.24, 2.45) is 0 Å². The first-order valence-electron chi connectivity index (χ1n) is 4.12. The number of hydrogen-bond donors (Lipinski definition) is 2. The van der Waals surface area contributed by atoms with Gasteiger partial charge in [-0.25, -0.2) is 9.31 Å². The van der Waals surface area contributed by atoms with Crippen LogP contribution in [0.2, 0.25) is 0 Å². The molecular weight excluding hydrogens is 182 g/mol. The zero-order chi connectivity index (χ0) is 10.1. The second-order valence-electron chi connectivity index (χ2n) is 2.92. The van der Waals surface area contributed by atoms with E-state index in [4.69, 9.17) is 5.11 Å². The topological polar surface area (TPSA) is 66.6 Å². The number of aryl methyl sites for hydroxylation is 1. The molecule has 0 aliphatic carbocycles. The fourth-order valence-electron chi connectivity index (χ4n) is 1.38. The Morgan fingerprint density at radius 3 is 3.07 bits per heavy atom. The third-order valence-corrected chi connectivity index (χ3v) is 1.95. The highest BCUT2D eigenvalue weighted by Gasteiger charge is 2.10. The largest absolute Gasteiger partial charge is 0.465 e. The molecule has 0 aliphatic heterocycles. The molecular formula is C9H9N3O2. The highest BCUT2D eigenvalue weighted by Crippen LogP contribution is 2.20. The summed E-state index contributed by atoms with van der Waals surface area (Å²) < 4.78 is 1.64. The monoisotopic (exact) mass is 191 g/mol. The van der Waals surface area contributed by atoms with E-state index in [-0.39, 0.29) is 0 Å². The SMILES string of the molecule is Cc1nn2ccccc2c1NC(=O)O. The molecule has 0 bridgehead atoms. The van der Waals surface area contributed by atoms with Gasteiger partial charge in [-0.05, 0) is 19.1 Å². The number of fused-ring (bicyclic) bond motifs is 1. The van der Waals surface area contributed by atoms with E-state index >= 15 is 0 Å². The Hall–Kier alpha value is -2.04. The third kappa shape index (κ3) is 1.28. The van der Waals surface area contributed by atoms with Crippen molar-refractivity contribution in [2.75, 3.05) is 5.32 Å². The highest BCUT2D eigenvalue weighted by molar-refractivity contribution is 5.90. The van der Waals surface area contributed by atoms with Crippen LogP contribution in [-0.4, -0.2) is 20.8 Å². The van der Waals surface area contributed by atoms with Crippen LogP contribution >= 0.6 is 0 Å². The molecule has 2 rings (SSSR count). The summed E-state index contributed by atoms with van der Waals surface area (Å²) in [4.78, 5) is 10.5. The molecule has 2 heterocycles. The second kappa shape index (κ2) is 3.02. The van der Waals surface area contributed by atoms with Gasteiger partial charge in [0.15, 0.2) is 0 Å². The lowest BCUT2D eigenvalue weighted by molar-refractivity contribution is 0.210. The standard InChI is InChI=1S/C9H9N3O2/c1-6-8(10-9(13)14)7-4-2-3-5-12(7)11-6/h2-5,10H,1H3,(H,13,14). The molecule has 5 heteroatoms. The van der Waals surface area contributed by atoms with Gasteiger partial charge in [0.2, 0.25) is 0 Å². The van der Waals surface area contributed by atoms with Crippen LogP contribution in [0.25, 0.3) is 5.52 Å². The highest BCUT2D eigenvalue weighted by atomic mass is 16.4. The molecule has 0 radical (unpaired) electrons. The molecule has 1 amide bonds. The van der Waals surface area contributed by atoms with Crippen LogP contribution in [0.3, 0.4) is 0 Å². The van der Waals surface area contributed by atoms with Crippen molar-refractivity contribution in [3.63, 3.8) is 0 Å². The first-order chi connectivity index (χ1) is 6.68. The minimum atomic E-state index is -1.08. The summed E-state index contributed by atoms with van der Waals surface area (Å²) in [6.07, 6.45) is 0.696. The Labute approximate surface area is 80.0 Å². The first kappa shape index (κ1) is 8.55. The smallest absolute Gasteiger partial charge is 0.409 e. The zero-order valence-electron chi connectivity index (χ0n) is 7.56. The summed E-state index contributed by atoms with van der Waals surface area (Å²) >= 11 is 0. The Kier molecular flexibility index (Phi) is 1.85. The van der Waals surface area contributed by atoms with Crippen molar-refractivity contribution in [3.05, 3.63) is 30.1 Å². The minimum Gasteiger partial charge on any atom is -0.465 e. The van der Waals surface area contributed by atoms with Crippen LogP contribution in [0, 0.1) is 6.92 Å². The fourth-order valence-corrected chi connectivity index (χ4v) is 1.38. The maximum Gasteiger partial charge on any atom is 0.409 e. The van der Waals surface area contributed by atoms with Gasteiger partial charge in [-0.1, -0.05) is 6.07 Å². The van der Waals surface area contributed by atoms with Crippen molar-refractivity contribution < 1.29 is 9.90 Å². The zero-order valence-corrected chi connectivity index (χ0v) is 7.56. The lowest BCUT2D eigenvalue weighted by atomic mass is 10.3. The molecule has 2 aromatic heterocycles. The summed E-state index contributed by atoms with van der Waals surface area (Å²) in [6.45, 7) is 1.76. The van der Waals surface area contributed by atoms with Gasteiger partial charge in [0, 0.05) is 6.20 Å². The Balaban J connectivity index is 2.62. The van der Waals surface area contributed by atoms with Gasteiger partial charge in [-0.2, -0.15) is 5.10 Å². The van der Waals surface area contributed by atoms with Crippen LogP contribution in [0.15, 0.2) is 24.4 Å². The van der Waals surface area contributed by atoms with E-state index in [1.165, 1.54) is 0 Å². The number of nitrogens with zero attached hydrogens (tertiary/aromatic N) is 2. The average molecular weight is 191 g/mol. The third-order valence-electron chi connectivity index (χ3n) is 1.95. The maximum atomic E-state index is 10.5. The van der Waals surface area contributed by atoms with Crippen molar-refractivity contribution in [1.29, 1.82) is 0 Å². The van der Waals surface area contributed by atoms with E-state index in [1.807, 2.05) is 18.2 Å². The molecule has 0 spiro atoms. The summed E-state index contributed by atoms with van der Waals surface area (Å²) in [5.41, 5.74) is 1.96. The van der Waals surface area contributed by atoms with Crippen molar-refractivity contribution in [1.82, 2.24) is 9.61 Å². The molecule has 2 N–H and O–H groups in total. The van der Waals surface area contributed by atoms with E-state index in [0.29, 0.717) is 11.4 Å². The molecule has 0 saturated heterocycles. The van der Waals surface area contributed by atoms with E-state index in [1.54, 1.807) is 17.6 Å². The molecule has 0 aliphatic rings. The number of pyridine rings is 1. The molecule has 0 saturated carbocycles. The van der Waals surface area contributed by atoms with Crippen LogP contribution in [0.1, 0.15) is 5.69 Å². The first-order valence-corrected chi connectivity index (χ1v) is 4.12. The van der Waals surface area contributed by atoms with Gasteiger partial charge in [0.05, 0.1) is 16.9 Å². The van der Waals surface area contributed by atoms with E-state index < -0.39 is 6.09 Å². The Bertz CT molecular complexity index is 490. The van der Waals surface area contributed by atoms with E-state index in [0.717, 1.165) is 5.52 Å². The predicted octanol–water partition coefficient (Wildman–Crippen LogP) is 1.73. The van der Waals surface area contributed by atoms with Crippen molar-refractivity contribution in [2.45, 2.75) is 6.92 Å². The average Bonchev–Trinajstić information content (AvgIpc) is 2.43. The number of carboxylic acid groups (broad SMARTS) is 1. The minimum absolute atomic E-state index is 0.540. The fraction of sp³-hybridized carbons (Fsp3) is 0.111. The number of amides is 1. The molecule has 72 valence electrons. The Morgan fingerprint density at radius 1 is 1.57 bits per heavy atom. The number of hydrogen-bond acceptors (Lipinski definition) is 2. The summed E-state index contributed by atoms with van der Waals surface area (Å²) in [5.74, 6) is 0. The molecule has 14 heavy (non-hydrogen) atoms. The van der Waals surface area contributed by atoms with Crippen LogP contribution in [0.5, 0.6) is 0 Å². The van der Waals surface area contributed by atoms with Crippen molar-refractivity contribution >= 4 is 17.3 Å². The number of nitrogens with one attached hydrogen (secondary N) is 1. The number of carbonyl (C=O) groups is 1. The lowest BCUT2D eigenvalue weighted by Gasteiger charge is -1.98. The number of rotatable bonds is 1. The molecule has 2 aromatic rings. The van der Waals surface area contributed by atoms with Gasteiger partial charge < -0.3 is 5.11 Å². The summed E-state index contributed by atoms with van der Waals surface area (Å²) in [5, 5.41) is 15.1. The molecule has 0 atom stereocenters. The van der Waals surface area contributed by atoms with Gasteiger partial charge in [-0.3, -0.25) is 5.32 Å². The van der Waals surface area contributed by atoms with Crippen LogP contribution in [0.4, 0.5) is 10.5 Å². The quantitative estimate of drug-likeness (QED) is 0.721. The summed E-state index contributed by atoms with van der Waals surface area (Å²) in [6, 6.07) is 5.48. The van der Waals surface area contributed by atoms with Crippen LogP contribution in [-0.2, 0) is 0 Å². The van der Waals surface area contributed by atoms with Crippen LogP contribution < -0.4 is 5.32 Å². The number of anilines is 1. The predicted molar refractivity (Wildman–Crippen MR) is 51.6 cm³/mol.